The summed E-state index contributed by atoms with van der Waals surface area (Å²) in [4.78, 5) is 13.4. The Kier molecular flexibility index (Phi) is 3.77. The maximum Gasteiger partial charge on any atom is 0.323 e. The molecule has 0 aliphatic carbocycles. The van der Waals surface area contributed by atoms with Crippen molar-refractivity contribution in [2.24, 2.45) is 11.8 Å². The number of nitrogens with zero attached hydrogens (tertiary/aromatic N) is 1. The molecule has 1 aliphatic heterocycles. The molecule has 0 amide bonds. The van der Waals surface area contributed by atoms with Crippen LogP contribution in [0.15, 0.2) is 0 Å². The molecular weight excluding hydrogens is 190 g/mol. The molecule has 1 heterocycles. The zero-order chi connectivity index (χ0) is 11.6. The molecule has 0 aromatic carbocycles. The van der Waals surface area contributed by atoms with Gasteiger partial charge in [-0.15, -0.1) is 0 Å². The topological polar surface area (TPSA) is 40.5 Å². The van der Waals surface area contributed by atoms with Gasteiger partial charge >= 0.3 is 5.97 Å². The second-order valence-electron chi connectivity index (χ2n) is 5.24. The van der Waals surface area contributed by atoms with E-state index < -0.39 is 11.5 Å². The normalized spacial score (nSPS) is 22.5. The Bertz CT molecular complexity index is 234. The second-order valence-corrected chi connectivity index (χ2v) is 5.24. The second kappa shape index (κ2) is 4.52. The fourth-order valence-corrected chi connectivity index (χ4v) is 2.22. The van der Waals surface area contributed by atoms with Gasteiger partial charge < -0.3 is 5.11 Å². The largest absolute Gasteiger partial charge is 0.480 e. The van der Waals surface area contributed by atoms with Crippen LogP contribution in [0.4, 0.5) is 0 Å². The molecule has 88 valence electrons. The van der Waals surface area contributed by atoms with Crippen LogP contribution in [0.25, 0.3) is 0 Å². The van der Waals surface area contributed by atoms with E-state index in [1.165, 1.54) is 0 Å². The van der Waals surface area contributed by atoms with E-state index in [-0.39, 0.29) is 0 Å². The minimum Gasteiger partial charge on any atom is -0.480 e. The highest BCUT2D eigenvalue weighted by molar-refractivity contribution is 5.78. The van der Waals surface area contributed by atoms with Crippen molar-refractivity contribution in [3.63, 3.8) is 0 Å². The Labute approximate surface area is 92.5 Å². The van der Waals surface area contributed by atoms with Gasteiger partial charge in [-0.05, 0) is 25.2 Å². The lowest BCUT2D eigenvalue weighted by Crippen LogP contribution is -2.63. The minimum atomic E-state index is -0.674. The van der Waals surface area contributed by atoms with Crippen LogP contribution in [0, 0.1) is 11.8 Å². The third-order valence-corrected chi connectivity index (χ3v) is 3.75. The van der Waals surface area contributed by atoms with Crippen molar-refractivity contribution < 1.29 is 9.90 Å². The van der Waals surface area contributed by atoms with Crippen molar-refractivity contribution in [1.82, 2.24) is 4.90 Å². The van der Waals surface area contributed by atoms with Crippen molar-refractivity contribution in [3.05, 3.63) is 0 Å². The number of carboxylic acids is 1. The van der Waals surface area contributed by atoms with Gasteiger partial charge in [0.1, 0.15) is 5.54 Å². The van der Waals surface area contributed by atoms with Crippen LogP contribution in [0.3, 0.4) is 0 Å². The Morgan fingerprint density at radius 1 is 1.53 bits per heavy atom. The molecule has 1 fully saturated rings. The third-order valence-electron chi connectivity index (χ3n) is 3.75. The van der Waals surface area contributed by atoms with Gasteiger partial charge in [0.05, 0.1) is 0 Å². The Morgan fingerprint density at radius 2 is 2.07 bits per heavy atom. The van der Waals surface area contributed by atoms with Crippen LogP contribution in [-0.2, 0) is 4.79 Å². The van der Waals surface area contributed by atoms with Crippen LogP contribution in [0.2, 0.25) is 0 Å². The van der Waals surface area contributed by atoms with Gasteiger partial charge in [0.15, 0.2) is 0 Å². The average molecular weight is 213 g/mol. The first-order valence-corrected chi connectivity index (χ1v) is 5.90. The molecule has 1 N–H and O–H groups in total. The molecule has 1 saturated heterocycles. The summed E-state index contributed by atoms with van der Waals surface area (Å²) in [6.45, 7) is 10.2. The average Bonchev–Trinajstić information content (AvgIpc) is 2.00. The molecule has 15 heavy (non-hydrogen) atoms. The first kappa shape index (κ1) is 12.5. The Morgan fingerprint density at radius 3 is 2.40 bits per heavy atom. The number of carboxylic acid groups (broad SMARTS) is 1. The minimum absolute atomic E-state index is 0.639. The Hall–Kier alpha value is -0.570. The summed E-state index contributed by atoms with van der Waals surface area (Å²) in [5.74, 6) is 0.674. The van der Waals surface area contributed by atoms with E-state index in [0.717, 1.165) is 25.9 Å². The van der Waals surface area contributed by atoms with Crippen LogP contribution in [0.5, 0.6) is 0 Å². The smallest absolute Gasteiger partial charge is 0.323 e. The van der Waals surface area contributed by atoms with Crippen molar-refractivity contribution in [2.75, 3.05) is 13.1 Å². The molecule has 0 bridgehead atoms. The highest BCUT2D eigenvalue weighted by Gasteiger charge is 2.45. The highest BCUT2D eigenvalue weighted by Crippen LogP contribution is 2.33. The van der Waals surface area contributed by atoms with Crippen LogP contribution in [-0.4, -0.2) is 34.6 Å². The zero-order valence-electron chi connectivity index (χ0n) is 10.3. The summed E-state index contributed by atoms with van der Waals surface area (Å²) in [5.41, 5.74) is -0.639. The fraction of sp³-hybridized carbons (Fsp3) is 0.917. The van der Waals surface area contributed by atoms with E-state index in [2.05, 4.69) is 18.7 Å². The molecule has 0 radical (unpaired) electrons. The summed E-state index contributed by atoms with van der Waals surface area (Å²) in [6.07, 6.45) is 1.67. The molecular formula is C12H23NO2. The first-order valence-electron chi connectivity index (χ1n) is 5.90. The van der Waals surface area contributed by atoms with E-state index >= 15 is 0 Å². The van der Waals surface area contributed by atoms with Crippen LogP contribution < -0.4 is 0 Å². The van der Waals surface area contributed by atoms with Gasteiger partial charge in [0.2, 0.25) is 0 Å². The molecule has 0 spiro atoms. The molecule has 1 aliphatic rings. The maximum absolute atomic E-state index is 11.3. The molecule has 0 saturated carbocycles. The predicted octanol–water partition coefficient (Wildman–Crippen LogP) is 2.22. The lowest BCUT2D eigenvalue weighted by Gasteiger charge is -2.50. The molecule has 1 unspecified atom stereocenters. The number of likely N-dealkylation sites (tertiary alicyclic amines) is 1. The highest BCUT2D eigenvalue weighted by atomic mass is 16.4. The van der Waals surface area contributed by atoms with Gasteiger partial charge in [0, 0.05) is 13.1 Å². The van der Waals surface area contributed by atoms with Gasteiger partial charge in [-0.25, -0.2) is 0 Å². The van der Waals surface area contributed by atoms with Gasteiger partial charge in [0.25, 0.3) is 0 Å². The summed E-state index contributed by atoms with van der Waals surface area (Å²) < 4.78 is 0. The van der Waals surface area contributed by atoms with E-state index in [1.807, 2.05) is 13.8 Å². The quantitative estimate of drug-likeness (QED) is 0.761. The molecule has 3 heteroatoms. The lowest BCUT2D eigenvalue weighted by atomic mass is 9.82. The lowest BCUT2D eigenvalue weighted by molar-refractivity contribution is -0.157. The Balaban J connectivity index is 2.58. The molecule has 0 aromatic rings. The molecule has 0 aromatic heterocycles. The number of aliphatic carboxylic acids is 1. The predicted molar refractivity (Wildman–Crippen MR) is 60.8 cm³/mol. The van der Waals surface area contributed by atoms with Crippen molar-refractivity contribution in [3.8, 4) is 0 Å². The van der Waals surface area contributed by atoms with Gasteiger partial charge in [-0.2, -0.15) is 0 Å². The molecule has 1 atom stereocenters. The van der Waals surface area contributed by atoms with E-state index in [4.69, 9.17) is 0 Å². The number of hydrogen-bond acceptors (Lipinski definition) is 2. The van der Waals surface area contributed by atoms with E-state index in [9.17, 15) is 9.90 Å². The van der Waals surface area contributed by atoms with E-state index in [0.29, 0.717) is 11.8 Å². The maximum atomic E-state index is 11.3. The number of rotatable bonds is 5. The summed E-state index contributed by atoms with van der Waals surface area (Å²) >= 11 is 0. The van der Waals surface area contributed by atoms with E-state index in [1.54, 1.807) is 0 Å². The SMILES string of the molecule is CCCC(C)(C(=O)O)N1CC(C(C)C)C1. The van der Waals surface area contributed by atoms with Crippen molar-refractivity contribution in [1.29, 1.82) is 0 Å². The summed E-state index contributed by atoms with van der Waals surface area (Å²) in [6, 6.07) is 0. The zero-order valence-corrected chi connectivity index (χ0v) is 10.3. The standard InChI is InChI=1S/C12H23NO2/c1-5-6-12(4,11(14)15)13-7-10(8-13)9(2)3/h9-10H,5-8H2,1-4H3,(H,14,15). The third kappa shape index (κ3) is 2.33. The molecule has 1 rings (SSSR count). The van der Waals surface area contributed by atoms with Gasteiger partial charge in [-0.1, -0.05) is 27.2 Å². The summed E-state index contributed by atoms with van der Waals surface area (Å²) in [7, 11) is 0. The van der Waals surface area contributed by atoms with Gasteiger partial charge in [-0.3, -0.25) is 9.69 Å². The number of hydrogen-bond donors (Lipinski definition) is 1. The fourth-order valence-electron chi connectivity index (χ4n) is 2.22. The van der Waals surface area contributed by atoms with Crippen LogP contribution >= 0.6 is 0 Å². The first-order chi connectivity index (χ1) is 6.91. The summed E-state index contributed by atoms with van der Waals surface area (Å²) in [5, 5.41) is 9.28. The number of carbonyl (C=O) groups is 1. The monoisotopic (exact) mass is 213 g/mol. The van der Waals surface area contributed by atoms with Crippen LogP contribution in [0.1, 0.15) is 40.5 Å². The van der Waals surface area contributed by atoms with Crippen molar-refractivity contribution >= 4 is 5.97 Å². The van der Waals surface area contributed by atoms with Crippen molar-refractivity contribution in [2.45, 2.75) is 46.1 Å². The molecule has 3 nitrogen and oxygen atoms in total.